The van der Waals surface area contributed by atoms with E-state index in [0.29, 0.717) is 6.04 Å². The topological polar surface area (TPSA) is 55.2 Å². The number of rotatable bonds is 4. The molecule has 4 nitrogen and oxygen atoms in total. The second kappa shape index (κ2) is 8.93. The van der Waals surface area contributed by atoms with E-state index in [1.165, 1.54) is 44.9 Å². The standard InChI is InChI=1S/C15H22N2O2.ClH/c18-17(19)15-10-8-13(9-11-15)12-16-14-6-4-2-1-3-5-7-14;/h8-11,14,16H,1-7,12H2;1H. The highest BCUT2D eigenvalue weighted by molar-refractivity contribution is 5.85. The van der Waals surface area contributed by atoms with Crippen molar-refractivity contribution < 1.29 is 4.92 Å². The smallest absolute Gasteiger partial charge is 0.269 e. The molecule has 1 aromatic carbocycles. The number of hydrogen-bond donors (Lipinski definition) is 1. The second-order valence-electron chi connectivity index (χ2n) is 5.35. The molecule has 20 heavy (non-hydrogen) atoms. The van der Waals surface area contributed by atoms with Crippen LogP contribution in [0.1, 0.15) is 50.5 Å². The van der Waals surface area contributed by atoms with Gasteiger partial charge in [0.15, 0.2) is 0 Å². The van der Waals surface area contributed by atoms with Crippen molar-refractivity contribution in [3.63, 3.8) is 0 Å². The molecule has 5 heteroatoms. The first kappa shape index (κ1) is 16.9. The Bertz CT molecular complexity index is 401. The molecule has 1 N–H and O–H groups in total. The Labute approximate surface area is 126 Å². The molecule has 1 aliphatic rings. The predicted octanol–water partition coefficient (Wildman–Crippen LogP) is 4.22. The van der Waals surface area contributed by atoms with Crippen LogP contribution in [-0.2, 0) is 6.54 Å². The van der Waals surface area contributed by atoms with Gasteiger partial charge < -0.3 is 5.32 Å². The maximum absolute atomic E-state index is 10.6. The fraction of sp³-hybridized carbons (Fsp3) is 0.600. The van der Waals surface area contributed by atoms with Crippen molar-refractivity contribution in [3.05, 3.63) is 39.9 Å². The third-order valence-electron chi connectivity index (χ3n) is 3.85. The molecule has 112 valence electrons. The van der Waals surface area contributed by atoms with Crippen LogP contribution in [0.4, 0.5) is 5.69 Å². The lowest BCUT2D eigenvalue weighted by Gasteiger charge is -2.21. The van der Waals surface area contributed by atoms with E-state index in [4.69, 9.17) is 0 Å². The number of nitro benzene ring substituents is 1. The van der Waals surface area contributed by atoms with Crippen molar-refractivity contribution >= 4 is 18.1 Å². The summed E-state index contributed by atoms with van der Waals surface area (Å²) in [5.41, 5.74) is 1.28. The Balaban J connectivity index is 0.00000200. The molecule has 0 aromatic heterocycles. The van der Waals surface area contributed by atoms with Gasteiger partial charge in [-0.2, -0.15) is 0 Å². The van der Waals surface area contributed by atoms with E-state index < -0.39 is 0 Å². The first-order chi connectivity index (χ1) is 9.25. The number of hydrogen-bond acceptors (Lipinski definition) is 3. The van der Waals surface area contributed by atoms with Crippen molar-refractivity contribution in [2.75, 3.05) is 0 Å². The van der Waals surface area contributed by atoms with Crippen molar-refractivity contribution in [2.45, 2.75) is 57.5 Å². The van der Waals surface area contributed by atoms with Crippen molar-refractivity contribution in [3.8, 4) is 0 Å². The molecule has 0 aliphatic heterocycles. The lowest BCUT2D eigenvalue weighted by atomic mass is 9.96. The van der Waals surface area contributed by atoms with E-state index in [1.54, 1.807) is 12.1 Å². The van der Waals surface area contributed by atoms with E-state index in [-0.39, 0.29) is 23.0 Å². The van der Waals surface area contributed by atoms with Gasteiger partial charge in [0.1, 0.15) is 0 Å². The van der Waals surface area contributed by atoms with Gasteiger partial charge in [0, 0.05) is 24.7 Å². The van der Waals surface area contributed by atoms with Gasteiger partial charge in [-0.3, -0.25) is 10.1 Å². The number of non-ortho nitro benzene ring substituents is 1. The molecule has 0 bridgehead atoms. The maximum Gasteiger partial charge on any atom is 0.269 e. The third-order valence-corrected chi connectivity index (χ3v) is 3.85. The van der Waals surface area contributed by atoms with E-state index >= 15 is 0 Å². The normalized spacial score (nSPS) is 16.8. The van der Waals surface area contributed by atoms with Crippen LogP contribution >= 0.6 is 12.4 Å². The minimum absolute atomic E-state index is 0. The lowest BCUT2D eigenvalue weighted by Crippen LogP contribution is -2.29. The molecular weight excluding hydrogens is 276 g/mol. The molecule has 0 saturated heterocycles. The van der Waals surface area contributed by atoms with Crippen LogP contribution in [0, 0.1) is 10.1 Å². The van der Waals surface area contributed by atoms with Gasteiger partial charge in [-0.05, 0) is 18.4 Å². The van der Waals surface area contributed by atoms with Gasteiger partial charge >= 0.3 is 0 Å². The Morgan fingerprint density at radius 3 is 2.15 bits per heavy atom. The minimum Gasteiger partial charge on any atom is -0.310 e. The molecule has 0 heterocycles. The molecule has 0 unspecified atom stereocenters. The Morgan fingerprint density at radius 1 is 1.05 bits per heavy atom. The van der Waals surface area contributed by atoms with Gasteiger partial charge in [-0.15, -0.1) is 12.4 Å². The zero-order chi connectivity index (χ0) is 13.5. The second-order valence-corrected chi connectivity index (χ2v) is 5.35. The number of nitrogens with zero attached hydrogens (tertiary/aromatic N) is 1. The molecule has 2 rings (SSSR count). The van der Waals surface area contributed by atoms with Gasteiger partial charge in [0.25, 0.3) is 5.69 Å². The summed E-state index contributed by atoms with van der Waals surface area (Å²) in [6.07, 6.45) is 9.25. The molecule has 1 saturated carbocycles. The summed E-state index contributed by atoms with van der Waals surface area (Å²) < 4.78 is 0. The predicted molar refractivity (Wildman–Crippen MR) is 83.3 cm³/mol. The Morgan fingerprint density at radius 2 is 1.60 bits per heavy atom. The van der Waals surface area contributed by atoms with E-state index in [0.717, 1.165) is 12.1 Å². The SMILES string of the molecule is Cl.O=[N+]([O-])c1ccc(CNC2CCCCCCC2)cc1. The highest BCUT2D eigenvalue weighted by atomic mass is 35.5. The van der Waals surface area contributed by atoms with Crippen LogP contribution in [0.15, 0.2) is 24.3 Å². The van der Waals surface area contributed by atoms with Gasteiger partial charge in [-0.25, -0.2) is 0 Å². The van der Waals surface area contributed by atoms with Gasteiger partial charge in [0.05, 0.1) is 4.92 Å². The van der Waals surface area contributed by atoms with Crippen LogP contribution in [-0.4, -0.2) is 11.0 Å². The highest BCUT2D eigenvalue weighted by Gasteiger charge is 2.11. The largest absolute Gasteiger partial charge is 0.310 e. The van der Waals surface area contributed by atoms with Crippen molar-refractivity contribution in [1.29, 1.82) is 0 Å². The van der Waals surface area contributed by atoms with Crippen molar-refractivity contribution in [2.24, 2.45) is 0 Å². The van der Waals surface area contributed by atoms with Crippen molar-refractivity contribution in [1.82, 2.24) is 5.32 Å². The molecule has 0 amide bonds. The summed E-state index contributed by atoms with van der Waals surface area (Å²) in [6, 6.07) is 7.45. The lowest BCUT2D eigenvalue weighted by molar-refractivity contribution is -0.384. The Hall–Kier alpha value is -1.13. The van der Waals surface area contributed by atoms with Crippen LogP contribution < -0.4 is 5.32 Å². The van der Waals surface area contributed by atoms with E-state index in [1.807, 2.05) is 12.1 Å². The zero-order valence-electron chi connectivity index (χ0n) is 11.7. The molecule has 1 fully saturated rings. The molecule has 0 spiro atoms. The fourth-order valence-electron chi connectivity index (χ4n) is 2.66. The quantitative estimate of drug-likeness (QED) is 0.669. The summed E-state index contributed by atoms with van der Waals surface area (Å²) >= 11 is 0. The molecule has 1 aromatic rings. The molecular formula is C15H23ClN2O2. The molecule has 0 atom stereocenters. The van der Waals surface area contributed by atoms with E-state index in [2.05, 4.69) is 5.32 Å². The van der Waals surface area contributed by atoms with E-state index in [9.17, 15) is 10.1 Å². The number of nitro groups is 1. The number of halogens is 1. The van der Waals surface area contributed by atoms with Gasteiger partial charge in [0.2, 0.25) is 0 Å². The first-order valence-electron chi connectivity index (χ1n) is 7.22. The first-order valence-corrected chi connectivity index (χ1v) is 7.22. The van der Waals surface area contributed by atoms with Crippen LogP contribution in [0.3, 0.4) is 0 Å². The zero-order valence-corrected chi connectivity index (χ0v) is 12.5. The third kappa shape index (κ3) is 5.47. The summed E-state index contributed by atoms with van der Waals surface area (Å²) in [6.45, 7) is 0.808. The summed E-state index contributed by atoms with van der Waals surface area (Å²) in [5, 5.41) is 14.2. The molecule has 0 radical (unpaired) electrons. The number of nitrogens with one attached hydrogen (secondary N) is 1. The minimum atomic E-state index is -0.355. The maximum atomic E-state index is 10.6. The average molecular weight is 299 g/mol. The summed E-state index contributed by atoms with van der Waals surface area (Å²) in [7, 11) is 0. The highest BCUT2D eigenvalue weighted by Crippen LogP contribution is 2.18. The van der Waals surface area contributed by atoms with Crippen LogP contribution in [0.2, 0.25) is 0 Å². The fourth-order valence-corrected chi connectivity index (χ4v) is 2.66. The van der Waals surface area contributed by atoms with Gasteiger partial charge in [-0.1, -0.05) is 44.2 Å². The summed E-state index contributed by atoms with van der Waals surface area (Å²) in [4.78, 5) is 10.2. The average Bonchev–Trinajstić information content (AvgIpc) is 2.38. The summed E-state index contributed by atoms with van der Waals surface area (Å²) in [5.74, 6) is 0. The number of benzene rings is 1. The monoisotopic (exact) mass is 298 g/mol. The Kier molecular flexibility index (Phi) is 7.55. The molecule has 1 aliphatic carbocycles. The van der Waals surface area contributed by atoms with Crippen LogP contribution in [0.25, 0.3) is 0 Å². The van der Waals surface area contributed by atoms with Crippen LogP contribution in [0.5, 0.6) is 0 Å².